The molecule has 3 rings (SSSR count). The lowest BCUT2D eigenvalue weighted by molar-refractivity contribution is 0.118. The van der Waals surface area contributed by atoms with Gasteiger partial charge in [-0.3, -0.25) is 4.90 Å². The molecule has 0 bridgehead atoms. The Morgan fingerprint density at radius 3 is 2.20 bits per heavy atom. The van der Waals surface area contributed by atoms with Gasteiger partial charge in [-0.2, -0.15) is 0 Å². The number of halogens is 1. The summed E-state index contributed by atoms with van der Waals surface area (Å²) < 4.78 is 13.0. The maximum absolute atomic E-state index is 13.0. The van der Waals surface area contributed by atoms with E-state index in [0.717, 1.165) is 82.6 Å². The van der Waals surface area contributed by atoms with Crippen LogP contribution in [0.5, 0.6) is 0 Å². The van der Waals surface area contributed by atoms with Gasteiger partial charge in [0.15, 0.2) is 0 Å². The number of amides is 2. The summed E-state index contributed by atoms with van der Waals surface area (Å²) in [6.45, 7) is 10.5. The van der Waals surface area contributed by atoms with Crippen LogP contribution in [0, 0.1) is 5.82 Å². The largest absolute Gasteiger partial charge is 0.325 e. The highest BCUT2D eigenvalue weighted by atomic mass is 19.1. The van der Waals surface area contributed by atoms with Crippen LogP contribution in [0.15, 0.2) is 30.8 Å². The quantitative estimate of drug-likeness (QED) is 0.817. The second-order valence-electron chi connectivity index (χ2n) is 7.02. The molecule has 2 heterocycles. The first-order valence-corrected chi connectivity index (χ1v) is 9.33. The summed E-state index contributed by atoms with van der Waals surface area (Å²) in [5.41, 5.74) is 2.07. The van der Waals surface area contributed by atoms with Crippen molar-refractivity contribution >= 4 is 11.6 Å². The van der Waals surface area contributed by atoms with Crippen molar-refractivity contribution in [3.8, 4) is 0 Å². The summed E-state index contributed by atoms with van der Waals surface area (Å²) in [6, 6.07) is 6.77. The Hall–Kier alpha value is -1.88. The Balaban J connectivity index is 1.35. The predicted octanol–water partition coefficient (Wildman–Crippen LogP) is 3.45. The van der Waals surface area contributed by atoms with Crippen molar-refractivity contribution in [3.05, 3.63) is 42.2 Å². The highest BCUT2D eigenvalue weighted by molar-refractivity contribution is 5.74. The zero-order chi connectivity index (χ0) is 17.6. The highest BCUT2D eigenvalue weighted by Gasteiger charge is 2.26. The number of allylic oxidation sites excluding steroid dienone is 1. The van der Waals surface area contributed by atoms with E-state index in [4.69, 9.17) is 0 Å². The summed E-state index contributed by atoms with van der Waals surface area (Å²) in [5, 5.41) is 0. The minimum absolute atomic E-state index is 0.210. The fourth-order valence-corrected chi connectivity index (χ4v) is 3.62. The number of hydrogen-bond acceptors (Lipinski definition) is 2. The topological polar surface area (TPSA) is 26.8 Å². The smallest absolute Gasteiger partial charge is 0.320 e. The molecule has 2 fully saturated rings. The molecule has 2 aliphatic rings. The van der Waals surface area contributed by atoms with Crippen LogP contribution < -0.4 is 0 Å². The molecule has 2 amide bonds. The molecule has 0 spiro atoms. The van der Waals surface area contributed by atoms with E-state index in [-0.39, 0.29) is 11.8 Å². The van der Waals surface area contributed by atoms with Gasteiger partial charge in [-0.15, -0.1) is 0 Å². The number of hydrogen-bond donors (Lipinski definition) is 0. The van der Waals surface area contributed by atoms with E-state index < -0.39 is 0 Å². The summed E-state index contributed by atoms with van der Waals surface area (Å²) >= 11 is 0. The second-order valence-corrected chi connectivity index (χ2v) is 7.02. The summed E-state index contributed by atoms with van der Waals surface area (Å²) in [6.07, 6.45) is 4.24. The van der Waals surface area contributed by atoms with Gasteiger partial charge in [0.1, 0.15) is 5.82 Å². The van der Waals surface area contributed by atoms with Crippen LogP contribution in [0.3, 0.4) is 0 Å². The molecule has 1 aromatic carbocycles. The molecule has 136 valence electrons. The van der Waals surface area contributed by atoms with E-state index in [2.05, 4.69) is 11.5 Å². The first-order chi connectivity index (χ1) is 12.1. The molecular formula is C20H28FN3O. The Labute approximate surface area is 149 Å². The van der Waals surface area contributed by atoms with Gasteiger partial charge in [0.2, 0.25) is 0 Å². The van der Waals surface area contributed by atoms with Gasteiger partial charge in [-0.05, 0) is 55.5 Å². The second kappa shape index (κ2) is 8.48. The van der Waals surface area contributed by atoms with Gasteiger partial charge < -0.3 is 9.80 Å². The van der Waals surface area contributed by atoms with E-state index in [1.807, 2.05) is 9.80 Å². The maximum Gasteiger partial charge on any atom is 0.320 e. The Morgan fingerprint density at radius 2 is 1.56 bits per heavy atom. The summed E-state index contributed by atoms with van der Waals surface area (Å²) in [4.78, 5) is 18.8. The molecule has 5 heteroatoms. The van der Waals surface area contributed by atoms with Gasteiger partial charge in [0, 0.05) is 39.3 Å². The van der Waals surface area contributed by atoms with Gasteiger partial charge >= 0.3 is 6.03 Å². The Morgan fingerprint density at radius 1 is 0.960 bits per heavy atom. The molecule has 0 saturated carbocycles. The lowest BCUT2D eigenvalue weighted by Gasteiger charge is -2.36. The van der Waals surface area contributed by atoms with Crippen molar-refractivity contribution in [2.75, 3.05) is 45.8 Å². The molecule has 25 heavy (non-hydrogen) atoms. The molecule has 2 saturated heterocycles. The molecule has 4 nitrogen and oxygen atoms in total. The van der Waals surface area contributed by atoms with Gasteiger partial charge in [0.25, 0.3) is 0 Å². The number of rotatable bonds is 5. The Bertz CT molecular complexity index is 587. The van der Waals surface area contributed by atoms with E-state index in [1.54, 1.807) is 12.1 Å². The molecule has 0 radical (unpaired) electrons. The van der Waals surface area contributed by atoms with Crippen LogP contribution in [0.4, 0.5) is 9.18 Å². The van der Waals surface area contributed by atoms with E-state index >= 15 is 0 Å². The summed E-state index contributed by atoms with van der Waals surface area (Å²) in [5.74, 6) is -0.210. The molecule has 2 aliphatic heterocycles. The van der Waals surface area contributed by atoms with E-state index in [1.165, 1.54) is 12.1 Å². The standard InChI is InChI=1S/C20H28FN3O/c1-17(18-6-8-19(21)9-7-18)5-4-10-22-13-15-24(16-14-22)20(25)23-11-2-3-12-23/h6-9H,1-5,10-16H2. The lowest BCUT2D eigenvalue weighted by atomic mass is 10.0. The third-order valence-corrected chi connectivity index (χ3v) is 5.22. The van der Waals surface area contributed by atoms with Crippen LogP contribution in [-0.2, 0) is 0 Å². The zero-order valence-electron chi connectivity index (χ0n) is 14.9. The Kier molecular flexibility index (Phi) is 6.08. The van der Waals surface area contributed by atoms with Crippen LogP contribution in [0.25, 0.3) is 5.57 Å². The molecule has 0 aromatic heterocycles. The number of carbonyl (C=O) groups is 1. The van der Waals surface area contributed by atoms with E-state index in [0.29, 0.717) is 0 Å². The fraction of sp³-hybridized carbons (Fsp3) is 0.550. The van der Waals surface area contributed by atoms with Gasteiger partial charge in [-0.25, -0.2) is 9.18 Å². The number of benzene rings is 1. The first-order valence-electron chi connectivity index (χ1n) is 9.33. The van der Waals surface area contributed by atoms with Crippen molar-refractivity contribution in [2.45, 2.75) is 25.7 Å². The molecular weight excluding hydrogens is 317 g/mol. The third kappa shape index (κ3) is 4.82. The summed E-state index contributed by atoms with van der Waals surface area (Å²) in [7, 11) is 0. The number of urea groups is 1. The van der Waals surface area contributed by atoms with Crippen molar-refractivity contribution in [3.63, 3.8) is 0 Å². The monoisotopic (exact) mass is 345 g/mol. The van der Waals surface area contributed by atoms with Crippen LogP contribution >= 0.6 is 0 Å². The average Bonchev–Trinajstić information content (AvgIpc) is 3.17. The van der Waals surface area contributed by atoms with Gasteiger partial charge in [-0.1, -0.05) is 18.7 Å². The number of piperazine rings is 1. The van der Waals surface area contributed by atoms with Gasteiger partial charge in [0.05, 0.1) is 0 Å². The average molecular weight is 345 g/mol. The number of carbonyl (C=O) groups excluding carboxylic acids is 1. The molecule has 0 unspecified atom stereocenters. The predicted molar refractivity (Wildman–Crippen MR) is 98.9 cm³/mol. The number of nitrogens with zero attached hydrogens (tertiary/aromatic N) is 3. The molecule has 0 atom stereocenters. The van der Waals surface area contributed by atoms with Crippen molar-refractivity contribution < 1.29 is 9.18 Å². The van der Waals surface area contributed by atoms with Crippen molar-refractivity contribution in [1.82, 2.24) is 14.7 Å². The third-order valence-electron chi connectivity index (χ3n) is 5.22. The highest BCUT2D eigenvalue weighted by Crippen LogP contribution is 2.19. The minimum atomic E-state index is -0.210. The lowest BCUT2D eigenvalue weighted by Crippen LogP contribution is -2.52. The first kappa shape index (κ1) is 17.9. The normalized spacial score (nSPS) is 18.6. The molecule has 0 N–H and O–H groups in total. The maximum atomic E-state index is 13.0. The fourth-order valence-electron chi connectivity index (χ4n) is 3.62. The zero-order valence-corrected chi connectivity index (χ0v) is 14.9. The molecule has 1 aromatic rings. The SMILES string of the molecule is C=C(CCCN1CCN(C(=O)N2CCCC2)CC1)c1ccc(F)cc1. The minimum Gasteiger partial charge on any atom is -0.325 e. The number of likely N-dealkylation sites (tertiary alicyclic amines) is 1. The van der Waals surface area contributed by atoms with Crippen LogP contribution in [0.2, 0.25) is 0 Å². The molecule has 0 aliphatic carbocycles. The van der Waals surface area contributed by atoms with Crippen molar-refractivity contribution in [1.29, 1.82) is 0 Å². The van der Waals surface area contributed by atoms with Crippen molar-refractivity contribution in [2.24, 2.45) is 0 Å². The van der Waals surface area contributed by atoms with Crippen LogP contribution in [-0.4, -0.2) is 66.5 Å². The van der Waals surface area contributed by atoms with Crippen LogP contribution in [0.1, 0.15) is 31.2 Å². The van der Waals surface area contributed by atoms with E-state index in [9.17, 15) is 9.18 Å².